The van der Waals surface area contributed by atoms with Crippen molar-refractivity contribution in [3.8, 4) is 11.5 Å². The number of halogens is 1. The molecular formula is C23H30FN3O3. The maximum Gasteiger partial charge on any atom is 0.191 e. The fourth-order valence-corrected chi connectivity index (χ4v) is 3.78. The maximum atomic E-state index is 13.4. The molecule has 0 aromatic heterocycles. The van der Waals surface area contributed by atoms with Crippen LogP contribution in [0.1, 0.15) is 24.0 Å². The lowest BCUT2D eigenvalue weighted by Crippen LogP contribution is -2.47. The molecule has 3 rings (SSSR count). The summed E-state index contributed by atoms with van der Waals surface area (Å²) in [4.78, 5) is 4.35. The minimum absolute atomic E-state index is 0.124. The summed E-state index contributed by atoms with van der Waals surface area (Å²) in [7, 11) is 5.02. The van der Waals surface area contributed by atoms with Gasteiger partial charge in [-0.05, 0) is 42.7 Å². The number of hydrogen-bond donors (Lipinski definition) is 2. The Morgan fingerprint density at radius 3 is 2.43 bits per heavy atom. The fraction of sp³-hybridized carbons (Fsp3) is 0.435. The van der Waals surface area contributed by atoms with E-state index in [9.17, 15) is 4.39 Å². The Morgan fingerprint density at radius 1 is 1.07 bits per heavy atom. The van der Waals surface area contributed by atoms with Crippen molar-refractivity contribution >= 4 is 5.96 Å². The molecule has 30 heavy (non-hydrogen) atoms. The van der Waals surface area contributed by atoms with E-state index in [-0.39, 0.29) is 11.2 Å². The molecule has 0 unspecified atom stereocenters. The van der Waals surface area contributed by atoms with Crippen molar-refractivity contribution in [2.24, 2.45) is 4.99 Å². The Kier molecular flexibility index (Phi) is 7.52. The van der Waals surface area contributed by atoms with Crippen molar-refractivity contribution in [1.29, 1.82) is 0 Å². The van der Waals surface area contributed by atoms with E-state index in [1.165, 1.54) is 12.1 Å². The first-order valence-corrected chi connectivity index (χ1v) is 10.1. The van der Waals surface area contributed by atoms with E-state index in [4.69, 9.17) is 14.2 Å². The molecule has 1 heterocycles. The van der Waals surface area contributed by atoms with Crippen molar-refractivity contribution < 1.29 is 18.6 Å². The molecule has 0 amide bonds. The molecule has 0 atom stereocenters. The second-order valence-electron chi connectivity index (χ2n) is 7.36. The quantitative estimate of drug-likeness (QED) is 0.537. The average molecular weight is 416 g/mol. The number of nitrogens with one attached hydrogen (secondary N) is 2. The van der Waals surface area contributed by atoms with E-state index < -0.39 is 0 Å². The molecule has 0 radical (unpaired) electrons. The summed E-state index contributed by atoms with van der Waals surface area (Å²) in [5.74, 6) is 1.98. The summed E-state index contributed by atoms with van der Waals surface area (Å²) >= 11 is 0. The van der Waals surface area contributed by atoms with Gasteiger partial charge in [0.25, 0.3) is 0 Å². The molecule has 0 bridgehead atoms. The van der Waals surface area contributed by atoms with E-state index >= 15 is 0 Å². The minimum atomic E-state index is -0.222. The van der Waals surface area contributed by atoms with Crippen LogP contribution in [0.4, 0.5) is 4.39 Å². The molecule has 1 aliphatic rings. The molecule has 1 saturated heterocycles. The zero-order valence-electron chi connectivity index (χ0n) is 17.8. The predicted octanol–water partition coefficient (Wildman–Crippen LogP) is 3.26. The molecule has 1 aliphatic heterocycles. The first-order valence-electron chi connectivity index (χ1n) is 10.1. The van der Waals surface area contributed by atoms with Gasteiger partial charge in [0.15, 0.2) is 5.96 Å². The molecule has 1 fully saturated rings. The number of guanidine groups is 1. The van der Waals surface area contributed by atoms with Gasteiger partial charge in [-0.1, -0.05) is 12.1 Å². The minimum Gasteiger partial charge on any atom is -0.497 e. The van der Waals surface area contributed by atoms with Crippen LogP contribution in [0.5, 0.6) is 11.5 Å². The highest BCUT2D eigenvalue weighted by Gasteiger charge is 2.34. The molecule has 6 nitrogen and oxygen atoms in total. The van der Waals surface area contributed by atoms with Gasteiger partial charge < -0.3 is 24.8 Å². The number of aliphatic imine (C=N–C) groups is 1. The summed E-state index contributed by atoms with van der Waals surface area (Å²) in [6, 6.07) is 12.5. The van der Waals surface area contributed by atoms with Crippen LogP contribution in [0.15, 0.2) is 47.5 Å². The van der Waals surface area contributed by atoms with Gasteiger partial charge in [0.05, 0.1) is 14.2 Å². The topological polar surface area (TPSA) is 64.1 Å². The molecule has 0 saturated carbocycles. The second-order valence-corrected chi connectivity index (χ2v) is 7.36. The number of benzene rings is 2. The Labute approximate surface area is 177 Å². The monoisotopic (exact) mass is 415 g/mol. The van der Waals surface area contributed by atoms with E-state index in [0.29, 0.717) is 32.3 Å². The van der Waals surface area contributed by atoms with Gasteiger partial charge in [-0.25, -0.2) is 4.39 Å². The molecule has 2 aromatic carbocycles. The summed E-state index contributed by atoms with van der Waals surface area (Å²) in [5, 5.41) is 6.79. The molecule has 2 aromatic rings. The number of nitrogens with zero attached hydrogens (tertiary/aromatic N) is 1. The lowest BCUT2D eigenvalue weighted by Gasteiger charge is -2.38. The summed E-state index contributed by atoms with van der Waals surface area (Å²) in [6.45, 7) is 2.61. The van der Waals surface area contributed by atoms with Crippen molar-refractivity contribution in [2.75, 3.05) is 41.0 Å². The SMILES string of the molecule is CN=C(NCc1ccc(OC)cc1OC)NCC1(c2ccc(F)cc2)CCOCC1. The molecule has 0 spiro atoms. The molecular weight excluding hydrogens is 385 g/mol. The van der Waals surface area contributed by atoms with Crippen molar-refractivity contribution in [2.45, 2.75) is 24.8 Å². The lowest BCUT2D eigenvalue weighted by molar-refractivity contribution is 0.0513. The zero-order chi connectivity index (χ0) is 21.4. The average Bonchev–Trinajstić information content (AvgIpc) is 2.80. The summed E-state index contributed by atoms with van der Waals surface area (Å²) < 4.78 is 29.7. The van der Waals surface area contributed by atoms with Gasteiger partial charge in [0.1, 0.15) is 17.3 Å². The smallest absolute Gasteiger partial charge is 0.191 e. The van der Waals surface area contributed by atoms with Gasteiger partial charge >= 0.3 is 0 Å². The Hall–Kier alpha value is -2.80. The van der Waals surface area contributed by atoms with Crippen LogP contribution < -0.4 is 20.1 Å². The third-order valence-electron chi connectivity index (χ3n) is 5.66. The third kappa shape index (κ3) is 5.21. The summed E-state index contributed by atoms with van der Waals surface area (Å²) in [5.41, 5.74) is 1.99. The van der Waals surface area contributed by atoms with Crippen molar-refractivity contribution in [3.63, 3.8) is 0 Å². The fourth-order valence-electron chi connectivity index (χ4n) is 3.78. The highest BCUT2D eigenvalue weighted by molar-refractivity contribution is 5.79. The number of hydrogen-bond acceptors (Lipinski definition) is 4. The Balaban J connectivity index is 1.67. The van der Waals surface area contributed by atoms with Crippen LogP contribution >= 0.6 is 0 Å². The Bertz CT molecular complexity index is 849. The van der Waals surface area contributed by atoms with Gasteiger partial charge in [-0.2, -0.15) is 0 Å². The lowest BCUT2D eigenvalue weighted by atomic mass is 9.74. The van der Waals surface area contributed by atoms with Crippen LogP contribution in [-0.2, 0) is 16.7 Å². The maximum absolute atomic E-state index is 13.4. The number of methoxy groups -OCH3 is 2. The van der Waals surface area contributed by atoms with Crippen molar-refractivity contribution in [1.82, 2.24) is 10.6 Å². The van der Waals surface area contributed by atoms with Crippen molar-refractivity contribution in [3.05, 3.63) is 59.4 Å². The van der Waals surface area contributed by atoms with Gasteiger partial charge in [0.2, 0.25) is 0 Å². The van der Waals surface area contributed by atoms with Gasteiger partial charge in [-0.3, -0.25) is 4.99 Å². The molecule has 2 N–H and O–H groups in total. The van der Waals surface area contributed by atoms with Crippen LogP contribution in [-0.4, -0.2) is 47.0 Å². The van der Waals surface area contributed by atoms with Crippen LogP contribution in [0, 0.1) is 5.82 Å². The summed E-state index contributed by atoms with van der Waals surface area (Å²) in [6.07, 6.45) is 1.74. The third-order valence-corrected chi connectivity index (χ3v) is 5.66. The zero-order valence-corrected chi connectivity index (χ0v) is 17.8. The predicted molar refractivity (Wildman–Crippen MR) is 116 cm³/mol. The normalized spacial score (nSPS) is 16.1. The first kappa shape index (κ1) is 21.9. The van der Waals surface area contributed by atoms with E-state index in [0.717, 1.165) is 35.5 Å². The highest BCUT2D eigenvalue weighted by Crippen LogP contribution is 2.34. The number of ether oxygens (including phenoxy) is 3. The molecule has 7 heteroatoms. The second kappa shape index (κ2) is 10.3. The van der Waals surface area contributed by atoms with Crippen LogP contribution in [0.3, 0.4) is 0 Å². The Morgan fingerprint density at radius 2 is 1.80 bits per heavy atom. The van der Waals surface area contributed by atoms with E-state index in [1.54, 1.807) is 21.3 Å². The first-order chi connectivity index (χ1) is 14.6. The van der Waals surface area contributed by atoms with Crippen LogP contribution in [0.25, 0.3) is 0 Å². The van der Waals surface area contributed by atoms with Gasteiger partial charge in [-0.15, -0.1) is 0 Å². The standard InChI is InChI=1S/C23H30FN3O3/c1-25-22(26-15-17-4-9-20(28-2)14-21(17)29-3)27-16-23(10-12-30-13-11-23)18-5-7-19(24)8-6-18/h4-9,14H,10-13,15-16H2,1-3H3,(H2,25,26,27). The number of rotatable bonds is 7. The highest BCUT2D eigenvalue weighted by atomic mass is 19.1. The molecule has 162 valence electrons. The largest absolute Gasteiger partial charge is 0.497 e. The molecule has 0 aliphatic carbocycles. The van der Waals surface area contributed by atoms with E-state index in [1.807, 2.05) is 30.3 Å². The van der Waals surface area contributed by atoms with E-state index in [2.05, 4.69) is 15.6 Å². The van der Waals surface area contributed by atoms with Crippen LogP contribution in [0.2, 0.25) is 0 Å². The van der Waals surface area contributed by atoms with Gasteiger partial charge in [0, 0.05) is 50.4 Å².